The lowest BCUT2D eigenvalue weighted by Gasteiger charge is -2.16. The minimum atomic E-state index is -0.136. The second-order valence-corrected chi connectivity index (χ2v) is 4.88. The summed E-state index contributed by atoms with van der Waals surface area (Å²) in [7, 11) is 0. The van der Waals surface area contributed by atoms with Gasteiger partial charge in [-0.2, -0.15) is 0 Å². The van der Waals surface area contributed by atoms with Gasteiger partial charge in [0.1, 0.15) is 0 Å². The number of rotatable bonds is 4. The summed E-state index contributed by atoms with van der Waals surface area (Å²) in [5, 5.41) is 2.83. The van der Waals surface area contributed by atoms with Crippen molar-refractivity contribution in [2.75, 3.05) is 6.54 Å². The maximum absolute atomic E-state index is 12.0. The summed E-state index contributed by atoms with van der Waals surface area (Å²) in [6.45, 7) is 4.53. The van der Waals surface area contributed by atoms with E-state index in [0.717, 1.165) is 5.52 Å². The van der Waals surface area contributed by atoms with E-state index >= 15 is 0 Å². The first-order valence-electron chi connectivity index (χ1n) is 6.32. The molecule has 2 rings (SSSR count). The SMILES string of the molecule is CC(C)C(N)CNC(=O)c1ccc2nccnc2c1. The molecule has 1 amide bonds. The van der Waals surface area contributed by atoms with E-state index in [4.69, 9.17) is 5.73 Å². The standard InChI is InChI=1S/C14H18N4O/c1-9(2)11(15)8-18-14(19)10-3-4-12-13(7-10)17-6-5-16-12/h3-7,9,11H,8,15H2,1-2H3,(H,18,19). The molecule has 100 valence electrons. The molecule has 5 nitrogen and oxygen atoms in total. The number of benzene rings is 1. The molecule has 0 bridgehead atoms. The molecule has 3 N–H and O–H groups in total. The zero-order valence-corrected chi connectivity index (χ0v) is 11.1. The zero-order valence-electron chi connectivity index (χ0n) is 11.1. The first kappa shape index (κ1) is 13.4. The van der Waals surface area contributed by atoms with E-state index in [9.17, 15) is 4.79 Å². The van der Waals surface area contributed by atoms with Crippen molar-refractivity contribution in [1.82, 2.24) is 15.3 Å². The zero-order chi connectivity index (χ0) is 13.8. The van der Waals surface area contributed by atoms with Crippen LogP contribution in [0, 0.1) is 5.92 Å². The van der Waals surface area contributed by atoms with Gasteiger partial charge in [-0.15, -0.1) is 0 Å². The van der Waals surface area contributed by atoms with E-state index < -0.39 is 0 Å². The Hall–Kier alpha value is -2.01. The van der Waals surface area contributed by atoms with Gasteiger partial charge in [-0.25, -0.2) is 0 Å². The van der Waals surface area contributed by atoms with Crippen LogP contribution in [0.3, 0.4) is 0 Å². The molecule has 0 spiro atoms. The maximum atomic E-state index is 12.0. The van der Waals surface area contributed by atoms with Gasteiger partial charge in [-0.05, 0) is 24.1 Å². The van der Waals surface area contributed by atoms with Crippen molar-refractivity contribution in [3.63, 3.8) is 0 Å². The lowest BCUT2D eigenvalue weighted by Crippen LogP contribution is -2.40. The molecular formula is C14H18N4O. The Labute approximate surface area is 112 Å². The fraction of sp³-hybridized carbons (Fsp3) is 0.357. The highest BCUT2D eigenvalue weighted by Gasteiger charge is 2.11. The molecule has 0 fully saturated rings. The molecule has 0 aliphatic rings. The molecule has 2 aromatic rings. The molecule has 1 aromatic carbocycles. The van der Waals surface area contributed by atoms with Gasteiger partial charge in [0, 0.05) is 30.5 Å². The minimum absolute atomic E-state index is 0.0378. The minimum Gasteiger partial charge on any atom is -0.350 e. The van der Waals surface area contributed by atoms with Crippen LogP contribution in [-0.4, -0.2) is 28.5 Å². The van der Waals surface area contributed by atoms with E-state index in [2.05, 4.69) is 15.3 Å². The summed E-state index contributed by atoms with van der Waals surface area (Å²) >= 11 is 0. The van der Waals surface area contributed by atoms with Gasteiger partial charge in [0.25, 0.3) is 5.91 Å². The maximum Gasteiger partial charge on any atom is 0.251 e. The number of hydrogen-bond donors (Lipinski definition) is 2. The number of nitrogens with one attached hydrogen (secondary N) is 1. The van der Waals surface area contributed by atoms with Gasteiger partial charge in [-0.3, -0.25) is 14.8 Å². The molecule has 1 heterocycles. The summed E-state index contributed by atoms with van der Waals surface area (Å²) < 4.78 is 0. The summed E-state index contributed by atoms with van der Waals surface area (Å²) in [4.78, 5) is 20.3. The number of amides is 1. The third kappa shape index (κ3) is 3.26. The van der Waals surface area contributed by atoms with Crippen molar-refractivity contribution in [3.05, 3.63) is 36.2 Å². The van der Waals surface area contributed by atoms with Crippen molar-refractivity contribution >= 4 is 16.9 Å². The molecule has 0 radical (unpaired) electrons. The van der Waals surface area contributed by atoms with Crippen LogP contribution in [0.15, 0.2) is 30.6 Å². The van der Waals surface area contributed by atoms with E-state index in [1.54, 1.807) is 30.6 Å². The first-order valence-corrected chi connectivity index (χ1v) is 6.32. The van der Waals surface area contributed by atoms with Crippen molar-refractivity contribution in [2.45, 2.75) is 19.9 Å². The van der Waals surface area contributed by atoms with Crippen molar-refractivity contribution in [1.29, 1.82) is 0 Å². The molecule has 1 unspecified atom stereocenters. The second kappa shape index (κ2) is 5.75. The van der Waals surface area contributed by atoms with Gasteiger partial charge < -0.3 is 11.1 Å². The Morgan fingerprint density at radius 2 is 1.95 bits per heavy atom. The molecule has 5 heteroatoms. The van der Waals surface area contributed by atoms with Gasteiger partial charge in [-0.1, -0.05) is 13.8 Å². The van der Waals surface area contributed by atoms with Crippen LogP contribution in [0.5, 0.6) is 0 Å². The van der Waals surface area contributed by atoms with Crippen LogP contribution in [0.2, 0.25) is 0 Å². The predicted molar refractivity (Wildman–Crippen MR) is 74.7 cm³/mol. The number of nitrogens with zero attached hydrogens (tertiary/aromatic N) is 2. The number of fused-ring (bicyclic) bond motifs is 1. The Morgan fingerprint density at radius 1 is 1.26 bits per heavy atom. The highest BCUT2D eigenvalue weighted by Crippen LogP contribution is 2.10. The van der Waals surface area contributed by atoms with Gasteiger partial charge in [0.15, 0.2) is 0 Å². The molecule has 0 saturated carbocycles. The van der Waals surface area contributed by atoms with Crippen LogP contribution in [0.25, 0.3) is 11.0 Å². The van der Waals surface area contributed by atoms with Crippen LogP contribution >= 0.6 is 0 Å². The van der Waals surface area contributed by atoms with Crippen molar-refractivity contribution in [3.8, 4) is 0 Å². The number of carbonyl (C=O) groups is 1. The summed E-state index contributed by atoms with van der Waals surface area (Å²) in [5.74, 6) is 0.200. The van der Waals surface area contributed by atoms with Crippen LogP contribution in [-0.2, 0) is 0 Å². The quantitative estimate of drug-likeness (QED) is 0.867. The topological polar surface area (TPSA) is 80.9 Å². The third-order valence-electron chi connectivity index (χ3n) is 3.09. The van der Waals surface area contributed by atoms with E-state index in [1.165, 1.54) is 0 Å². The fourth-order valence-electron chi connectivity index (χ4n) is 1.65. The highest BCUT2D eigenvalue weighted by atomic mass is 16.1. The molecule has 0 saturated heterocycles. The third-order valence-corrected chi connectivity index (χ3v) is 3.09. The molecule has 0 aliphatic carbocycles. The monoisotopic (exact) mass is 258 g/mol. The molecule has 19 heavy (non-hydrogen) atoms. The summed E-state index contributed by atoms with van der Waals surface area (Å²) in [5.41, 5.74) is 7.96. The summed E-state index contributed by atoms with van der Waals surface area (Å²) in [6.07, 6.45) is 3.24. The van der Waals surface area contributed by atoms with E-state index in [-0.39, 0.29) is 11.9 Å². The number of nitrogens with two attached hydrogens (primary N) is 1. The van der Waals surface area contributed by atoms with Crippen molar-refractivity contribution in [2.24, 2.45) is 11.7 Å². The lowest BCUT2D eigenvalue weighted by molar-refractivity contribution is 0.0949. The fourth-order valence-corrected chi connectivity index (χ4v) is 1.65. The molecular weight excluding hydrogens is 240 g/mol. The van der Waals surface area contributed by atoms with Crippen LogP contribution in [0.4, 0.5) is 0 Å². The normalized spacial score (nSPS) is 12.6. The largest absolute Gasteiger partial charge is 0.350 e. The lowest BCUT2D eigenvalue weighted by atomic mass is 10.1. The smallest absolute Gasteiger partial charge is 0.251 e. The predicted octanol–water partition coefficient (Wildman–Crippen LogP) is 1.34. The average molecular weight is 258 g/mol. The van der Waals surface area contributed by atoms with Gasteiger partial charge in [0.05, 0.1) is 11.0 Å². The summed E-state index contributed by atoms with van der Waals surface area (Å²) in [6, 6.07) is 5.23. The van der Waals surface area contributed by atoms with E-state index in [1.807, 2.05) is 13.8 Å². The first-order chi connectivity index (χ1) is 9.08. The van der Waals surface area contributed by atoms with Crippen LogP contribution in [0.1, 0.15) is 24.2 Å². The Balaban J connectivity index is 2.09. The Kier molecular flexibility index (Phi) is 4.06. The molecule has 1 aromatic heterocycles. The highest BCUT2D eigenvalue weighted by molar-refractivity contribution is 5.97. The van der Waals surface area contributed by atoms with Crippen LogP contribution < -0.4 is 11.1 Å². The van der Waals surface area contributed by atoms with Crippen molar-refractivity contribution < 1.29 is 4.79 Å². The number of carbonyl (C=O) groups excluding carboxylic acids is 1. The number of aromatic nitrogens is 2. The number of hydrogen-bond acceptors (Lipinski definition) is 4. The Bertz CT molecular complexity index is 582. The van der Waals surface area contributed by atoms with E-state index in [0.29, 0.717) is 23.5 Å². The second-order valence-electron chi connectivity index (χ2n) is 4.88. The van der Waals surface area contributed by atoms with Gasteiger partial charge in [0.2, 0.25) is 0 Å². The Morgan fingerprint density at radius 3 is 2.63 bits per heavy atom. The average Bonchev–Trinajstić information content (AvgIpc) is 2.43. The van der Waals surface area contributed by atoms with Gasteiger partial charge >= 0.3 is 0 Å². The molecule has 1 atom stereocenters. The molecule has 0 aliphatic heterocycles.